The number of aromatic nitrogens is 1. The lowest BCUT2D eigenvalue weighted by molar-refractivity contribution is 0.202. The number of hydrogen-bond acceptors (Lipinski definition) is 4. The van der Waals surface area contributed by atoms with E-state index >= 15 is 0 Å². The average molecular weight is 265 g/mol. The zero-order chi connectivity index (χ0) is 14.1. The second-order valence-electron chi connectivity index (χ2n) is 4.67. The van der Waals surface area contributed by atoms with Crippen molar-refractivity contribution in [3.63, 3.8) is 0 Å². The Morgan fingerprint density at radius 1 is 1.37 bits per heavy atom. The highest BCUT2D eigenvalue weighted by atomic mass is 16.5. The van der Waals surface area contributed by atoms with Gasteiger partial charge in [-0.3, -0.25) is 0 Å². The molecule has 0 bridgehead atoms. The van der Waals surface area contributed by atoms with Gasteiger partial charge in [-0.25, -0.2) is 4.98 Å². The van der Waals surface area contributed by atoms with Gasteiger partial charge in [-0.15, -0.1) is 0 Å². The Kier molecular flexibility index (Phi) is 7.45. The molecular weight excluding hydrogens is 238 g/mol. The van der Waals surface area contributed by atoms with Crippen molar-refractivity contribution in [2.45, 2.75) is 39.3 Å². The summed E-state index contributed by atoms with van der Waals surface area (Å²) < 4.78 is 5.25. The van der Waals surface area contributed by atoms with E-state index in [0.29, 0.717) is 6.04 Å². The van der Waals surface area contributed by atoms with Crippen LogP contribution in [0, 0.1) is 0 Å². The Morgan fingerprint density at radius 3 is 2.68 bits per heavy atom. The van der Waals surface area contributed by atoms with Crippen LogP contribution in [0.15, 0.2) is 18.3 Å². The number of hydrogen-bond donors (Lipinski definition) is 1. The number of rotatable bonds is 9. The van der Waals surface area contributed by atoms with Crippen LogP contribution in [0.5, 0.6) is 0 Å². The van der Waals surface area contributed by atoms with Crippen LogP contribution in [-0.4, -0.2) is 38.3 Å². The van der Waals surface area contributed by atoms with Crippen molar-refractivity contribution in [2.75, 3.05) is 32.2 Å². The topological polar surface area (TPSA) is 37.4 Å². The van der Waals surface area contributed by atoms with Gasteiger partial charge in [0.2, 0.25) is 0 Å². The highest BCUT2D eigenvalue weighted by Gasteiger charge is 2.19. The minimum absolute atomic E-state index is 0.514. The maximum atomic E-state index is 5.25. The SMILES string of the molecule is CCC(CC)N(CCOC)c1ncccc1CNC. The number of pyridine rings is 1. The quantitative estimate of drug-likeness (QED) is 0.744. The number of nitrogens with one attached hydrogen (secondary N) is 1. The van der Waals surface area contributed by atoms with Crippen molar-refractivity contribution < 1.29 is 4.74 Å². The lowest BCUT2D eigenvalue weighted by atomic mass is 10.1. The van der Waals surface area contributed by atoms with Gasteiger partial charge in [-0.2, -0.15) is 0 Å². The van der Waals surface area contributed by atoms with Crippen molar-refractivity contribution >= 4 is 5.82 Å². The molecule has 1 heterocycles. The summed E-state index contributed by atoms with van der Waals surface area (Å²) in [6.45, 7) is 6.92. The zero-order valence-electron chi connectivity index (χ0n) is 12.6. The summed E-state index contributed by atoms with van der Waals surface area (Å²) >= 11 is 0. The lowest BCUT2D eigenvalue weighted by Crippen LogP contribution is -2.38. The van der Waals surface area contributed by atoms with Gasteiger partial charge in [-0.1, -0.05) is 19.9 Å². The summed E-state index contributed by atoms with van der Waals surface area (Å²) in [6, 6.07) is 4.65. The highest BCUT2D eigenvalue weighted by molar-refractivity contribution is 5.47. The summed E-state index contributed by atoms with van der Waals surface area (Å²) in [5, 5.41) is 3.21. The van der Waals surface area contributed by atoms with Crippen LogP contribution >= 0.6 is 0 Å². The molecule has 0 aromatic carbocycles. The molecule has 0 fully saturated rings. The first-order chi connectivity index (χ1) is 9.28. The van der Waals surface area contributed by atoms with Crippen molar-refractivity contribution in [3.8, 4) is 0 Å². The van der Waals surface area contributed by atoms with E-state index in [0.717, 1.165) is 38.4 Å². The van der Waals surface area contributed by atoms with E-state index in [1.165, 1.54) is 5.56 Å². The number of ether oxygens (including phenoxy) is 1. The third-order valence-corrected chi connectivity index (χ3v) is 3.43. The minimum Gasteiger partial charge on any atom is -0.383 e. The third-order valence-electron chi connectivity index (χ3n) is 3.43. The summed E-state index contributed by atoms with van der Waals surface area (Å²) in [5.41, 5.74) is 1.24. The van der Waals surface area contributed by atoms with Crippen molar-refractivity contribution in [1.29, 1.82) is 0 Å². The standard InChI is InChI=1S/C15H27N3O/c1-5-14(6-2)18(10-11-19-4)15-13(12-16-3)8-7-9-17-15/h7-9,14,16H,5-6,10-12H2,1-4H3. The van der Waals surface area contributed by atoms with Crippen molar-refractivity contribution in [3.05, 3.63) is 23.9 Å². The van der Waals surface area contributed by atoms with Crippen LogP contribution in [0.25, 0.3) is 0 Å². The first-order valence-electron chi connectivity index (χ1n) is 7.12. The Labute approximate surface area is 117 Å². The Morgan fingerprint density at radius 2 is 2.11 bits per heavy atom. The van der Waals surface area contributed by atoms with Gasteiger partial charge in [0.1, 0.15) is 5.82 Å². The first kappa shape index (κ1) is 15.9. The van der Waals surface area contributed by atoms with E-state index in [1.807, 2.05) is 19.3 Å². The molecule has 1 aromatic rings. The normalized spacial score (nSPS) is 11.0. The predicted molar refractivity (Wildman–Crippen MR) is 80.6 cm³/mol. The van der Waals surface area contributed by atoms with Crippen LogP contribution < -0.4 is 10.2 Å². The molecule has 1 rings (SSSR count). The molecule has 0 saturated heterocycles. The molecule has 0 radical (unpaired) electrons. The summed E-state index contributed by atoms with van der Waals surface area (Å²) in [4.78, 5) is 6.98. The van der Waals surface area contributed by atoms with E-state index < -0.39 is 0 Å². The van der Waals surface area contributed by atoms with E-state index in [2.05, 4.69) is 35.1 Å². The maximum Gasteiger partial charge on any atom is 0.133 e. The van der Waals surface area contributed by atoms with Gasteiger partial charge in [0.15, 0.2) is 0 Å². The van der Waals surface area contributed by atoms with Crippen LogP contribution in [0.4, 0.5) is 5.82 Å². The van der Waals surface area contributed by atoms with Gasteiger partial charge in [0.05, 0.1) is 6.61 Å². The van der Waals surface area contributed by atoms with Gasteiger partial charge in [-0.05, 0) is 26.0 Å². The molecule has 0 aliphatic rings. The lowest BCUT2D eigenvalue weighted by Gasteiger charge is -2.33. The second kappa shape index (κ2) is 8.88. The molecule has 4 heteroatoms. The van der Waals surface area contributed by atoms with Crippen LogP contribution in [-0.2, 0) is 11.3 Å². The fourth-order valence-electron chi connectivity index (χ4n) is 2.40. The largest absolute Gasteiger partial charge is 0.383 e. The molecule has 0 amide bonds. The van der Waals surface area contributed by atoms with Crippen molar-refractivity contribution in [2.24, 2.45) is 0 Å². The Hall–Kier alpha value is -1.13. The van der Waals surface area contributed by atoms with E-state index in [1.54, 1.807) is 7.11 Å². The van der Waals surface area contributed by atoms with E-state index in [4.69, 9.17) is 4.74 Å². The molecule has 0 aliphatic heterocycles. The van der Waals surface area contributed by atoms with E-state index in [9.17, 15) is 0 Å². The number of nitrogens with zero attached hydrogens (tertiary/aromatic N) is 2. The summed E-state index contributed by atoms with van der Waals surface area (Å²) in [7, 11) is 3.71. The average Bonchev–Trinajstić information content (AvgIpc) is 2.45. The van der Waals surface area contributed by atoms with Crippen LogP contribution in [0.2, 0.25) is 0 Å². The highest BCUT2D eigenvalue weighted by Crippen LogP contribution is 2.22. The number of anilines is 1. The molecule has 0 unspecified atom stereocenters. The first-order valence-corrected chi connectivity index (χ1v) is 7.12. The van der Waals surface area contributed by atoms with Crippen LogP contribution in [0.1, 0.15) is 32.3 Å². The monoisotopic (exact) mass is 265 g/mol. The second-order valence-corrected chi connectivity index (χ2v) is 4.67. The molecule has 1 aromatic heterocycles. The molecule has 1 N–H and O–H groups in total. The molecule has 108 valence electrons. The summed E-state index contributed by atoms with van der Waals surface area (Å²) in [6.07, 6.45) is 4.11. The molecular formula is C15H27N3O. The fraction of sp³-hybridized carbons (Fsp3) is 0.667. The van der Waals surface area contributed by atoms with E-state index in [-0.39, 0.29) is 0 Å². The Balaban J connectivity index is 3.01. The molecule has 0 atom stereocenters. The third kappa shape index (κ3) is 4.48. The van der Waals surface area contributed by atoms with Gasteiger partial charge >= 0.3 is 0 Å². The molecule has 19 heavy (non-hydrogen) atoms. The number of methoxy groups -OCH3 is 1. The fourth-order valence-corrected chi connectivity index (χ4v) is 2.40. The Bertz CT molecular complexity index is 353. The molecule has 4 nitrogen and oxygen atoms in total. The van der Waals surface area contributed by atoms with Crippen molar-refractivity contribution in [1.82, 2.24) is 10.3 Å². The van der Waals surface area contributed by atoms with Crippen LogP contribution in [0.3, 0.4) is 0 Å². The molecule has 0 spiro atoms. The van der Waals surface area contributed by atoms with Gasteiger partial charge in [0.25, 0.3) is 0 Å². The molecule has 0 aliphatic carbocycles. The summed E-state index contributed by atoms with van der Waals surface area (Å²) in [5.74, 6) is 1.09. The van der Waals surface area contributed by atoms with Gasteiger partial charge < -0.3 is 15.0 Å². The molecule has 0 saturated carbocycles. The minimum atomic E-state index is 0.514. The predicted octanol–water partition coefficient (Wildman–Crippen LogP) is 2.44. The zero-order valence-corrected chi connectivity index (χ0v) is 12.6. The van der Waals surface area contributed by atoms with Gasteiger partial charge in [0, 0.05) is 38.0 Å². The smallest absolute Gasteiger partial charge is 0.133 e. The maximum absolute atomic E-state index is 5.25.